The van der Waals surface area contributed by atoms with E-state index >= 15 is 0 Å². The SMILES string of the molecule is CC(C)(CCC(=O)O)NC(=O)c1cn(CCN)cn1. The Morgan fingerprint density at radius 1 is 1.53 bits per heavy atom. The number of hydrogen-bond donors (Lipinski definition) is 3. The molecule has 0 fully saturated rings. The first-order valence-electron chi connectivity index (χ1n) is 6.10. The van der Waals surface area contributed by atoms with Crippen molar-refractivity contribution in [2.75, 3.05) is 6.54 Å². The summed E-state index contributed by atoms with van der Waals surface area (Å²) >= 11 is 0. The number of nitrogens with two attached hydrogens (primary N) is 1. The minimum absolute atomic E-state index is 0.00882. The third-order valence-corrected chi connectivity index (χ3v) is 2.67. The third kappa shape index (κ3) is 5.09. The molecule has 0 aliphatic heterocycles. The summed E-state index contributed by atoms with van der Waals surface area (Å²) in [4.78, 5) is 26.5. The van der Waals surface area contributed by atoms with Crippen molar-refractivity contribution in [2.24, 2.45) is 5.73 Å². The van der Waals surface area contributed by atoms with Crippen LogP contribution in [0.25, 0.3) is 0 Å². The van der Waals surface area contributed by atoms with Gasteiger partial charge in [-0.1, -0.05) is 0 Å². The van der Waals surface area contributed by atoms with E-state index in [0.29, 0.717) is 25.2 Å². The summed E-state index contributed by atoms with van der Waals surface area (Å²) in [6.45, 7) is 4.64. The molecule has 0 aromatic carbocycles. The zero-order chi connectivity index (χ0) is 14.5. The lowest BCUT2D eigenvalue weighted by molar-refractivity contribution is -0.137. The van der Waals surface area contributed by atoms with Crippen LogP contribution in [0.3, 0.4) is 0 Å². The number of nitrogens with zero attached hydrogens (tertiary/aromatic N) is 2. The van der Waals surface area contributed by atoms with Gasteiger partial charge in [0.05, 0.1) is 6.33 Å². The number of carbonyl (C=O) groups excluding carboxylic acids is 1. The van der Waals surface area contributed by atoms with E-state index < -0.39 is 11.5 Å². The lowest BCUT2D eigenvalue weighted by Gasteiger charge is -2.25. The van der Waals surface area contributed by atoms with Gasteiger partial charge in [0.15, 0.2) is 0 Å². The van der Waals surface area contributed by atoms with Crippen LogP contribution < -0.4 is 11.1 Å². The number of carboxylic acid groups (broad SMARTS) is 1. The number of aromatic nitrogens is 2. The van der Waals surface area contributed by atoms with Gasteiger partial charge >= 0.3 is 5.97 Å². The van der Waals surface area contributed by atoms with E-state index in [-0.39, 0.29) is 12.3 Å². The Kier molecular flexibility index (Phi) is 5.05. The molecular formula is C12H20N4O3. The number of carbonyl (C=O) groups is 2. The molecular weight excluding hydrogens is 248 g/mol. The van der Waals surface area contributed by atoms with Crippen LogP contribution in [0.15, 0.2) is 12.5 Å². The van der Waals surface area contributed by atoms with Crippen molar-refractivity contribution in [3.8, 4) is 0 Å². The van der Waals surface area contributed by atoms with Crippen LogP contribution in [0.5, 0.6) is 0 Å². The number of rotatable bonds is 7. The van der Waals surface area contributed by atoms with Gasteiger partial charge in [0, 0.05) is 31.2 Å². The first-order chi connectivity index (χ1) is 8.84. The molecule has 0 unspecified atom stereocenters. The van der Waals surface area contributed by atoms with Gasteiger partial charge in [0.1, 0.15) is 5.69 Å². The Balaban J connectivity index is 2.59. The Labute approximate surface area is 111 Å². The summed E-state index contributed by atoms with van der Waals surface area (Å²) in [6, 6.07) is 0. The molecule has 4 N–H and O–H groups in total. The molecule has 0 spiro atoms. The quantitative estimate of drug-likeness (QED) is 0.655. The molecule has 7 nitrogen and oxygen atoms in total. The molecule has 0 saturated heterocycles. The van der Waals surface area contributed by atoms with Crippen LogP contribution in [0, 0.1) is 0 Å². The first-order valence-corrected chi connectivity index (χ1v) is 6.10. The lowest BCUT2D eigenvalue weighted by Crippen LogP contribution is -2.43. The molecule has 1 aromatic heterocycles. The number of carboxylic acids is 1. The van der Waals surface area contributed by atoms with Crippen LogP contribution in [-0.2, 0) is 11.3 Å². The highest BCUT2D eigenvalue weighted by Crippen LogP contribution is 2.12. The van der Waals surface area contributed by atoms with Crippen LogP contribution in [0.2, 0.25) is 0 Å². The monoisotopic (exact) mass is 268 g/mol. The summed E-state index contributed by atoms with van der Waals surface area (Å²) in [7, 11) is 0. The molecule has 1 aromatic rings. The number of hydrogen-bond acceptors (Lipinski definition) is 4. The van der Waals surface area contributed by atoms with Gasteiger partial charge in [-0.05, 0) is 20.3 Å². The minimum atomic E-state index is -0.880. The van der Waals surface area contributed by atoms with Crippen LogP contribution in [0.1, 0.15) is 37.2 Å². The number of nitrogens with one attached hydrogen (secondary N) is 1. The summed E-state index contributed by atoms with van der Waals surface area (Å²) < 4.78 is 1.74. The van der Waals surface area contributed by atoms with Gasteiger partial charge in [-0.25, -0.2) is 4.98 Å². The van der Waals surface area contributed by atoms with E-state index in [1.165, 1.54) is 0 Å². The van der Waals surface area contributed by atoms with Crippen molar-refractivity contribution in [3.63, 3.8) is 0 Å². The topological polar surface area (TPSA) is 110 Å². The molecule has 1 rings (SSSR count). The average Bonchev–Trinajstić information content (AvgIpc) is 2.75. The molecule has 0 aliphatic carbocycles. The second kappa shape index (κ2) is 6.33. The normalized spacial score (nSPS) is 11.3. The van der Waals surface area contributed by atoms with Crippen LogP contribution in [-0.4, -0.2) is 38.6 Å². The summed E-state index contributed by atoms with van der Waals surface area (Å²) in [6.07, 6.45) is 3.54. The number of aliphatic carboxylic acids is 1. The smallest absolute Gasteiger partial charge is 0.303 e. The van der Waals surface area contributed by atoms with Gasteiger partial charge in [-0.2, -0.15) is 0 Å². The van der Waals surface area contributed by atoms with Crippen LogP contribution >= 0.6 is 0 Å². The first kappa shape index (κ1) is 15.2. The van der Waals surface area contributed by atoms with E-state index in [1.807, 2.05) is 0 Å². The Bertz CT molecular complexity index is 454. The van der Waals surface area contributed by atoms with Crippen molar-refractivity contribution in [3.05, 3.63) is 18.2 Å². The summed E-state index contributed by atoms with van der Waals surface area (Å²) in [5.74, 6) is -1.19. The van der Waals surface area contributed by atoms with Crippen molar-refractivity contribution in [1.82, 2.24) is 14.9 Å². The van der Waals surface area contributed by atoms with Gasteiger partial charge in [0.25, 0.3) is 5.91 Å². The summed E-state index contributed by atoms with van der Waals surface area (Å²) in [5.41, 5.74) is 5.12. The largest absolute Gasteiger partial charge is 0.481 e. The molecule has 0 aliphatic rings. The second-order valence-corrected chi connectivity index (χ2v) is 5.02. The van der Waals surface area contributed by atoms with Gasteiger partial charge < -0.3 is 20.7 Å². The van der Waals surface area contributed by atoms with E-state index in [4.69, 9.17) is 10.8 Å². The fourth-order valence-corrected chi connectivity index (χ4v) is 1.60. The molecule has 0 bridgehead atoms. The van der Waals surface area contributed by atoms with Crippen molar-refractivity contribution in [2.45, 2.75) is 38.8 Å². The van der Waals surface area contributed by atoms with Gasteiger partial charge in [-0.15, -0.1) is 0 Å². The lowest BCUT2D eigenvalue weighted by atomic mass is 9.98. The Hall–Kier alpha value is -1.89. The maximum absolute atomic E-state index is 12.0. The van der Waals surface area contributed by atoms with E-state index in [0.717, 1.165) is 0 Å². The van der Waals surface area contributed by atoms with Gasteiger partial charge in [0.2, 0.25) is 0 Å². The maximum atomic E-state index is 12.0. The molecule has 19 heavy (non-hydrogen) atoms. The van der Waals surface area contributed by atoms with Crippen molar-refractivity contribution >= 4 is 11.9 Å². The molecule has 0 radical (unpaired) electrons. The second-order valence-electron chi connectivity index (χ2n) is 5.02. The van der Waals surface area contributed by atoms with Gasteiger partial charge in [-0.3, -0.25) is 9.59 Å². The van der Waals surface area contributed by atoms with Crippen LogP contribution in [0.4, 0.5) is 0 Å². The number of imidazole rings is 1. The number of amides is 1. The summed E-state index contributed by atoms with van der Waals surface area (Å²) in [5, 5.41) is 11.4. The Morgan fingerprint density at radius 3 is 2.79 bits per heavy atom. The molecule has 1 amide bonds. The predicted molar refractivity (Wildman–Crippen MR) is 69.7 cm³/mol. The fraction of sp³-hybridized carbons (Fsp3) is 0.583. The predicted octanol–water partition coefficient (Wildman–Crippen LogP) is 0.215. The molecule has 0 atom stereocenters. The molecule has 7 heteroatoms. The molecule has 0 saturated carbocycles. The van der Waals surface area contributed by atoms with E-state index in [2.05, 4.69) is 10.3 Å². The zero-order valence-corrected chi connectivity index (χ0v) is 11.2. The standard InChI is InChI=1S/C12H20N4O3/c1-12(2,4-3-10(17)18)15-11(19)9-7-16(6-5-13)8-14-9/h7-8H,3-6,13H2,1-2H3,(H,15,19)(H,17,18). The minimum Gasteiger partial charge on any atom is -0.481 e. The Morgan fingerprint density at radius 2 is 2.21 bits per heavy atom. The van der Waals surface area contributed by atoms with E-state index in [1.54, 1.807) is 30.9 Å². The molecule has 106 valence electrons. The maximum Gasteiger partial charge on any atom is 0.303 e. The highest BCUT2D eigenvalue weighted by Gasteiger charge is 2.23. The highest BCUT2D eigenvalue weighted by atomic mass is 16.4. The third-order valence-electron chi connectivity index (χ3n) is 2.67. The molecule has 1 heterocycles. The van der Waals surface area contributed by atoms with Crippen molar-refractivity contribution in [1.29, 1.82) is 0 Å². The average molecular weight is 268 g/mol. The zero-order valence-electron chi connectivity index (χ0n) is 11.2. The fourth-order valence-electron chi connectivity index (χ4n) is 1.60. The highest BCUT2D eigenvalue weighted by molar-refractivity contribution is 5.92. The van der Waals surface area contributed by atoms with Crippen molar-refractivity contribution < 1.29 is 14.7 Å². The van der Waals surface area contributed by atoms with E-state index in [9.17, 15) is 9.59 Å².